The number of pyridine rings is 1. The van der Waals surface area contributed by atoms with Crippen molar-refractivity contribution < 1.29 is 28.8 Å². The molecule has 0 aliphatic carbocycles. The van der Waals surface area contributed by atoms with Crippen molar-refractivity contribution in [2.75, 3.05) is 37.9 Å². The van der Waals surface area contributed by atoms with Gasteiger partial charge in [-0.25, -0.2) is 0 Å². The Morgan fingerprint density at radius 2 is 1.76 bits per heavy atom. The van der Waals surface area contributed by atoms with Crippen LogP contribution in [0.15, 0.2) is 59.5 Å². The summed E-state index contributed by atoms with van der Waals surface area (Å²) in [5.41, 5.74) is 2.89. The second-order valence-corrected chi connectivity index (χ2v) is 13.3. The number of amides is 2. The van der Waals surface area contributed by atoms with Crippen LogP contribution in [0.25, 0.3) is 22.0 Å². The molecular formula is C36H42N6O8. The molecule has 0 bridgehead atoms. The fourth-order valence-corrected chi connectivity index (χ4v) is 6.20. The molecule has 264 valence electrons. The maximum Gasteiger partial charge on any atom is 0.274 e. The average Bonchev–Trinajstić information content (AvgIpc) is 3.39. The number of anilines is 2. The highest BCUT2D eigenvalue weighted by atomic mass is 16.6. The van der Waals surface area contributed by atoms with Crippen LogP contribution in [0.5, 0.6) is 0 Å². The molecule has 0 saturated carbocycles. The van der Waals surface area contributed by atoms with Crippen molar-refractivity contribution in [2.45, 2.75) is 46.7 Å². The minimum atomic E-state index is -0.597. The Morgan fingerprint density at radius 3 is 2.44 bits per heavy atom. The number of aromatic nitrogens is 2. The second kappa shape index (κ2) is 15.0. The van der Waals surface area contributed by atoms with Crippen molar-refractivity contribution in [3.05, 3.63) is 86.5 Å². The highest BCUT2D eigenvalue weighted by Gasteiger charge is 2.32. The molecule has 1 aliphatic heterocycles. The number of nitro benzene ring substituents is 1. The van der Waals surface area contributed by atoms with Gasteiger partial charge in [-0.1, -0.05) is 39.0 Å². The van der Waals surface area contributed by atoms with Crippen molar-refractivity contribution in [1.29, 1.82) is 0 Å². The summed E-state index contributed by atoms with van der Waals surface area (Å²) < 4.78 is 12.5. The summed E-state index contributed by atoms with van der Waals surface area (Å²) in [6.07, 6.45) is 2.17. The lowest BCUT2D eigenvalue weighted by Crippen LogP contribution is -2.49. The van der Waals surface area contributed by atoms with E-state index in [0.717, 1.165) is 5.69 Å². The zero-order chi connectivity index (χ0) is 36.2. The van der Waals surface area contributed by atoms with Crippen LogP contribution in [-0.2, 0) is 32.7 Å². The predicted octanol–water partition coefficient (Wildman–Crippen LogP) is 4.37. The molecule has 4 aromatic rings. The summed E-state index contributed by atoms with van der Waals surface area (Å²) in [6, 6.07) is 13.5. The molecule has 14 nitrogen and oxygen atoms in total. The first-order valence-corrected chi connectivity index (χ1v) is 16.4. The van der Waals surface area contributed by atoms with Gasteiger partial charge < -0.3 is 34.6 Å². The smallest absolute Gasteiger partial charge is 0.274 e. The molecule has 0 radical (unpaired) electrons. The van der Waals surface area contributed by atoms with Gasteiger partial charge in [0.05, 0.1) is 24.1 Å². The number of nitrogens with one attached hydrogen (secondary N) is 3. The number of rotatable bonds is 14. The summed E-state index contributed by atoms with van der Waals surface area (Å²) in [5, 5.41) is 17.9. The van der Waals surface area contributed by atoms with Gasteiger partial charge in [0.25, 0.3) is 17.2 Å². The van der Waals surface area contributed by atoms with Gasteiger partial charge in [0.15, 0.2) is 5.78 Å². The minimum Gasteiger partial charge on any atom is -0.380 e. The van der Waals surface area contributed by atoms with Gasteiger partial charge in [0, 0.05) is 78.6 Å². The Balaban J connectivity index is 1.25. The summed E-state index contributed by atoms with van der Waals surface area (Å²) >= 11 is 0. The van der Waals surface area contributed by atoms with Crippen LogP contribution >= 0.6 is 0 Å². The van der Waals surface area contributed by atoms with Crippen LogP contribution in [0.1, 0.15) is 50.2 Å². The van der Waals surface area contributed by atoms with E-state index in [1.165, 1.54) is 23.6 Å². The van der Waals surface area contributed by atoms with E-state index >= 15 is 0 Å². The van der Waals surface area contributed by atoms with Gasteiger partial charge in [-0.05, 0) is 37.0 Å². The number of H-pyrrole nitrogens is 1. The molecule has 2 amide bonds. The summed E-state index contributed by atoms with van der Waals surface area (Å²) in [4.78, 5) is 67.4. The van der Waals surface area contributed by atoms with E-state index in [9.17, 15) is 29.3 Å². The number of carbonyl (C=O) groups is 3. The highest BCUT2D eigenvalue weighted by Crippen LogP contribution is 2.45. The van der Waals surface area contributed by atoms with Gasteiger partial charge in [-0.15, -0.1) is 0 Å². The molecule has 0 unspecified atom stereocenters. The van der Waals surface area contributed by atoms with Crippen LogP contribution < -0.4 is 21.1 Å². The number of non-ortho nitro benzene ring substituents is 1. The molecule has 1 atom stereocenters. The molecule has 0 spiro atoms. The number of benzene rings is 2. The van der Waals surface area contributed by atoms with E-state index in [2.05, 4.69) is 15.6 Å². The van der Waals surface area contributed by atoms with Crippen molar-refractivity contribution >= 4 is 45.6 Å². The Morgan fingerprint density at radius 1 is 1.04 bits per heavy atom. The van der Waals surface area contributed by atoms with Crippen molar-refractivity contribution in [1.82, 2.24) is 20.2 Å². The van der Waals surface area contributed by atoms with Crippen molar-refractivity contribution in [3.8, 4) is 11.1 Å². The zero-order valence-electron chi connectivity index (χ0n) is 28.8. The number of ketones is 1. The number of hydrogen-bond acceptors (Lipinski definition) is 9. The molecule has 2 aromatic heterocycles. The number of nitro groups is 1. The third-order valence-electron chi connectivity index (χ3n) is 8.53. The molecule has 5 rings (SSSR count). The maximum absolute atomic E-state index is 13.6. The topological polar surface area (TPSA) is 178 Å². The van der Waals surface area contributed by atoms with Crippen LogP contribution in [0.4, 0.5) is 17.1 Å². The number of hydrogen-bond donors (Lipinski definition) is 3. The fourth-order valence-electron chi connectivity index (χ4n) is 6.20. The van der Waals surface area contributed by atoms with Crippen LogP contribution in [0.3, 0.4) is 0 Å². The van der Waals surface area contributed by atoms with Gasteiger partial charge in [0.2, 0.25) is 5.91 Å². The van der Waals surface area contributed by atoms with Gasteiger partial charge in [0.1, 0.15) is 17.8 Å². The number of carbonyl (C=O) groups excluding carboxylic acids is 3. The highest BCUT2D eigenvalue weighted by molar-refractivity contribution is 6.08. The largest absolute Gasteiger partial charge is 0.380 e. The van der Waals surface area contributed by atoms with Gasteiger partial charge >= 0.3 is 0 Å². The first kappa shape index (κ1) is 36.0. The lowest BCUT2D eigenvalue weighted by atomic mass is 9.84. The van der Waals surface area contributed by atoms with Gasteiger partial charge in [-0.2, -0.15) is 0 Å². The Hall–Kier alpha value is -5.34. The van der Waals surface area contributed by atoms with Crippen molar-refractivity contribution in [3.63, 3.8) is 0 Å². The zero-order valence-corrected chi connectivity index (χ0v) is 28.8. The van der Waals surface area contributed by atoms with E-state index in [0.29, 0.717) is 40.8 Å². The van der Waals surface area contributed by atoms with E-state index in [-0.39, 0.29) is 67.1 Å². The number of para-hydroxylation sites is 1. The second-order valence-electron chi connectivity index (χ2n) is 13.3. The number of fused-ring (bicyclic) bond motifs is 2. The van der Waals surface area contributed by atoms with E-state index in [4.69, 9.17) is 9.47 Å². The minimum absolute atomic E-state index is 0.0910. The molecular weight excluding hydrogens is 644 g/mol. The average molecular weight is 687 g/mol. The van der Waals surface area contributed by atoms with E-state index in [1.807, 2.05) is 56.0 Å². The molecule has 14 heteroatoms. The Bertz CT molecular complexity index is 1980. The maximum atomic E-state index is 13.6. The molecule has 1 aliphatic rings. The number of aromatic amines is 1. The Labute approximate surface area is 288 Å². The number of nitrogens with zero attached hydrogens (tertiary/aromatic N) is 3. The van der Waals surface area contributed by atoms with Crippen LogP contribution in [0.2, 0.25) is 0 Å². The molecule has 0 saturated heterocycles. The third-order valence-corrected chi connectivity index (χ3v) is 8.53. The van der Waals surface area contributed by atoms with E-state index < -0.39 is 22.3 Å². The standard InChI is InChI=1S/C36H42N6O8/c1-22(43)33(36(2,3)4)38-29(44)21-50-16-9-15-49-17-14-37-34(45)31-27-20-41(23-10-7-6-8-11-23)28-13-12-24(42(47)48)18-25(28)26-19-40(5)35(46)32(39-31)30(26)27/h6-8,10-13,18-19,33,39H,9,14-17,20-21H2,1-5H3,(H,37,45)(H,38,44)/t33-/m1/s1. The first-order chi connectivity index (χ1) is 23.8. The first-order valence-electron chi connectivity index (χ1n) is 16.4. The summed E-state index contributed by atoms with van der Waals surface area (Å²) in [5.74, 6) is -0.906. The summed E-state index contributed by atoms with van der Waals surface area (Å²) in [6.45, 7) is 8.16. The quantitative estimate of drug-likeness (QED) is 0.0988. The SMILES string of the molecule is CC(=O)[C@@H](NC(=O)COCCCOCCNC(=O)c1[nH]c2c(=O)n(C)cc3c2c1CN(c1ccccc1)c1ccc([N+](=O)[O-])cc1-3)C(C)(C)C. The van der Waals surface area contributed by atoms with Crippen LogP contribution in [0, 0.1) is 15.5 Å². The molecule has 0 fully saturated rings. The molecule has 50 heavy (non-hydrogen) atoms. The van der Waals surface area contributed by atoms with Gasteiger partial charge in [-0.3, -0.25) is 29.3 Å². The van der Waals surface area contributed by atoms with Crippen LogP contribution in [-0.4, -0.2) is 71.1 Å². The monoisotopic (exact) mass is 686 g/mol. The molecule has 2 aromatic carbocycles. The normalized spacial score (nSPS) is 13.0. The fraction of sp³-hybridized carbons (Fsp3) is 0.389. The molecule has 3 heterocycles. The number of aryl methyl sites for hydroxylation is 1. The summed E-state index contributed by atoms with van der Waals surface area (Å²) in [7, 11) is 1.60. The number of Topliss-reactive ketones (excluding diaryl/α,β-unsaturated/α-hetero) is 1. The lowest BCUT2D eigenvalue weighted by molar-refractivity contribution is -0.384. The number of ether oxygens (including phenoxy) is 2. The Kier molecular flexibility index (Phi) is 10.8. The van der Waals surface area contributed by atoms with Crippen molar-refractivity contribution in [2.24, 2.45) is 12.5 Å². The lowest BCUT2D eigenvalue weighted by Gasteiger charge is -2.29. The third kappa shape index (κ3) is 7.76. The van der Waals surface area contributed by atoms with E-state index in [1.54, 1.807) is 19.3 Å². The molecule has 3 N–H and O–H groups in total. The predicted molar refractivity (Wildman–Crippen MR) is 189 cm³/mol.